The van der Waals surface area contributed by atoms with Gasteiger partial charge in [0.1, 0.15) is 0 Å². The SMILES string of the molecule is CCN(C(=O)CN1CCC(C(=O)OC)C1)C1=CCCC1. The van der Waals surface area contributed by atoms with E-state index < -0.39 is 0 Å². The van der Waals surface area contributed by atoms with Crippen LogP contribution in [0.5, 0.6) is 0 Å². The van der Waals surface area contributed by atoms with Crippen LogP contribution in [-0.2, 0) is 14.3 Å². The smallest absolute Gasteiger partial charge is 0.310 e. The number of likely N-dealkylation sites (N-methyl/N-ethyl adjacent to an activating group) is 1. The summed E-state index contributed by atoms with van der Waals surface area (Å²) in [6.07, 6.45) is 6.18. The zero-order valence-electron chi connectivity index (χ0n) is 12.4. The lowest BCUT2D eigenvalue weighted by molar-refractivity contribution is -0.145. The molecule has 1 atom stereocenters. The molecule has 2 aliphatic rings. The number of rotatable bonds is 5. The van der Waals surface area contributed by atoms with E-state index in [0.29, 0.717) is 13.1 Å². The molecule has 1 saturated heterocycles. The largest absolute Gasteiger partial charge is 0.469 e. The minimum Gasteiger partial charge on any atom is -0.469 e. The van der Waals surface area contributed by atoms with Gasteiger partial charge < -0.3 is 9.64 Å². The Morgan fingerprint density at radius 2 is 2.30 bits per heavy atom. The normalized spacial score (nSPS) is 22.7. The molecule has 0 aromatic carbocycles. The number of amides is 1. The molecule has 0 radical (unpaired) electrons. The van der Waals surface area contributed by atoms with Crippen LogP contribution in [-0.4, -0.2) is 55.0 Å². The molecule has 1 amide bonds. The Labute approximate surface area is 120 Å². The summed E-state index contributed by atoms with van der Waals surface area (Å²) < 4.78 is 4.77. The second-order valence-electron chi connectivity index (χ2n) is 5.47. The van der Waals surface area contributed by atoms with Gasteiger partial charge in [0.25, 0.3) is 0 Å². The maximum Gasteiger partial charge on any atom is 0.310 e. The summed E-state index contributed by atoms with van der Waals surface area (Å²) in [6.45, 7) is 4.56. The van der Waals surface area contributed by atoms with Crippen molar-refractivity contribution in [1.29, 1.82) is 0 Å². The molecule has 0 saturated carbocycles. The second-order valence-corrected chi connectivity index (χ2v) is 5.47. The van der Waals surface area contributed by atoms with E-state index in [1.54, 1.807) is 0 Å². The molecule has 0 aromatic heterocycles. The van der Waals surface area contributed by atoms with Gasteiger partial charge in [-0.3, -0.25) is 14.5 Å². The summed E-state index contributed by atoms with van der Waals surface area (Å²) in [5.41, 5.74) is 1.17. The van der Waals surface area contributed by atoms with Crippen molar-refractivity contribution in [3.63, 3.8) is 0 Å². The molecule has 0 spiro atoms. The Morgan fingerprint density at radius 3 is 2.90 bits per heavy atom. The molecule has 0 N–H and O–H groups in total. The molecular formula is C15H24N2O3. The lowest BCUT2D eigenvalue weighted by Crippen LogP contribution is -2.39. The average Bonchev–Trinajstić information content (AvgIpc) is 3.10. The highest BCUT2D eigenvalue weighted by molar-refractivity contribution is 5.80. The van der Waals surface area contributed by atoms with Crippen molar-refractivity contribution in [2.75, 3.05) is 33.3 Å². The Bertz CT molecular complexity index is 406. The number of carbonyl (C=O) groups excluding carboxylic acids is 2. The fraction of sp³-hybridized carbons (Fsp3) is 0.733. The molecular weight excluding hydrogens is 256 g/mol. The molecule has 1 aliphatic carbocycles. The summed E-state index contributed by atoms with van der Waals surface area (Å²) >= 11 is 0. The fourth-order valence-corrected chi connectivity index (χ4v) is 3.05. The predicted molar refractivity (Wildman–Crippen MR) is 75.9 cm³/mol. The van der Waals surface area contributed by atoms with Crippen LogP contribution in [0.15, 0.2) is 11.8 Å². The second kappa shape index (κ2) is 6.88. The maximum atomic E-state index is 12.4. The van der Waals surface area contributed by atoms with Gasteiger partial charge in [0.05, 0.1) is 19.6 Å². The third-order valence-corrected chi connectivity index (χ3v) is 4.15. The monoisotopic (exact) mass is 280 g/mol. The fourth-order valence-electron chi connectivity index (χ4n) is 3.05. The maximum absolute atomic E-state index is 12.4. The van der Waals surface area contributed by atoms with Crippen molar-refractivity contribution in [2.45, 2.75) is 32.6 Å². The van der Waals surface area contributed by atoms with Crippen molar-refractivity contribution < 1.29 is 14.3 Å². The standard InChI is InChI=1S/C15H24N2O3/c1-3-17(13-6-4-5-7-13)14(18)11-16-9-8-12(10-16)15(19)20-2/h6,12H,3-5,7-11H2,1-2H3. The summed E-state index contributed by atoms with van der Waals surface area (Å²) in [4.78, 5) is 27.8. The van der Waals surface area contributed by atoms with Crippen LogP contribution < -0.4 is 0 Å². The number of methoxy groups -OCH3 is 1. The van der Waals surface area contributed by atoms with Crippen molar-refractivity contribution >= 4 is 11.9 Å². The number of nitrogens with zero attached hydrogens (tertiary/aromatic N) is 2. The molecule has 0 aromatic rings. The van der Waals surface area contributed by atoms with Crippen LogP contribution in [0.1, 0.15) is 32.6 Å². The van der Waals surface area contributed by atoms with Crippen molar-refractivity contribution in [3.05, 3.63) is 11.8 Å². The predicted octanol–water partition coefficient (Wildman–Crippen LogP) is 1.40. The van der Waals surface area contributed by atoms with Gasteiger partial charge in [0.2, 0.25) is 5.91 Å². The van der Waals surface area contributed by atoms with Gasteiger partial charge in [-0.1, -0.05) is 6.08 Å². The van der Waals surface area contributed by atoms with Gasteiger partial charge in [0.15, 0.2) is 0 Å². The van der Waals surface area contributed by atoms with Gasteiger partial charge >= 0.3 is 5.97 Å². The average molecular weight is 280 g/mol. The van der Waals surface area contributed by atoms with Crippen molar-refractivity contribution in [3.8, 4) is 0 Å². The first-order valence-electron chi connectivity index (χ1n) is 7.45. The molecule has 1 heterocycles. The van der Waals surface area contributed by atoms with E-state index in [2.05, 4.69) is 11.0 Å². The summed E-state index contributed by atoms with van der Waals surface area (Å²) in [5, 5.41) is 0. The summed E-state index contributed by atoms with van der Waals surface area (Å²) in [5.74, 6) is -0.0921. The lowest BCUT2D eigenvalue weighted by Gasteiger charge is -2.25. The molecule has 1 fully saturated rings. The number of ether oxygens (including phenoxy) is 1. The van der Waals surface area contributed by atoms with Crippen LogP contribution in [0, 0.1) is 5.92 Å². The molecule has 20 heavy (non-hydrogen) atoms. The number of likely N-dealkylation sites (tertiary alicyclic amines) is 1. The van der Waals surface area contributed by atoms with Crippen LogP contribution in [0.2, 0.25) is 0 Å². The highest BCUT2D eigenvalue weighted by Crippen LogP contribution is 2.22. The topological polar surface area (TPSA) is 49.9 Å². The Kier molecular flexibility index (Phi) is 5.17. The third kappa shape index (κ3) is 3.39. The van der Waals surface area contributed by atoms with Crippen molar-refractivity contribution in [1.82, 2.24) is 9.80 Å². The Morgan fingerprint density at radius 1 is 1.50 bits per heavy atom. The molecule has 5 heteroatoms. The molecule has 112 valence electrons. The summed E-state index contributed by atoms with van der Waals surface area (Å²) in [7, 11) is 1.42. The number of allylic oxidation sites excluding steroid dienone is 2. The van der Waals surface area contributed by atoms with Gasteiger partial charge in [-0.05, 0) is 39.2 Å². The minimum atomic E-state index is -0.161. The van der Waals surface area contributed by atoms with E-state index in [1.807, 2.05) is 11.8 Å². The zero-order valence-corrected chi connectivity index (χ0v) is 12.4. The summed E-state index contributed by atoms with van der Waals surface area (Å²) in [6, 6.07) is 0. The van der Waals surface area contributed by atoms with Crippen LogP contribution >= 0.6 is 0 Å². The first kappa shape index (κ1) is 15.0. The molecule has 0 bridgehead atoms. The zero-order chi connectivity index (χ0) is 14.5. The third-order valence-electron chi connectivity index (χ3n) is 4.15. The van der Waals surface area contributed by atoms with E-state index >= 15 is 0 Å². The van der Waals surface area contributed by atoms with Gasteiger partial charge in [-0.15, -0.1) is 0 Å². The number of hydrogen-bond acceptors (Lipinski definition) is 4. The van der Waals surface area contributed by atoms with E-state index in [9.17, 15) is 9.59 Å². The van der Waals surface area contributed by atoms with Gasteiger partial charge in [0, 0.05) is 18.8 Å². The number of hydrogen-bond donors (Lipinski definition) is 0. The molecule has 1 aliphatic heterocycles. The first-order chi connectivity index (χ1) is 9.65. The van der Waals surface area contributed by atoms with E-state index in [0.717, 1.165) is 38.8 Å². The van der Waals surface area contributed by atoms with Crippen LogP contribution in [0.25, 0.3) is 0 Å². The van der Waals surface area contributed by atoms with Crippen molar-refractivity contribution in [2.24, 2.45) is 5.92 Å². The quantitative estimate of drug-likeness (QED) is 0.714. The number of carbonyl (C=O) groups is 2. The Balaban J connectivity index is 1.86. The number of esters is 1. The highest BCUT2D eigenvalue weighted by Gasteiger charge is 2.31. The van der Waals surface area contributed by atoms with E-state index in [-0.39, 0.29) is 17.8 Å². The van der Waals surface area contributed by atoms with Gasteiger partial charge in [-0.25, -0.2) is 0 Å². The lowest BCUT2D eigenvalue weighted by atomic mass is 10.1. The van der Waals surface area contributed by atoms with E-state index in [4.69, 9.17) is 4.74 Å². The van der Waals surface area contributed by atoms with Gasteiger partial charge in [-0.2, -0.15) is 0 Å². The first-order valence-corrected chi connectivity index (χ1v) is 7.45. The molecule has 5 nitrogen and oxygen atoms in total. The van der Waals surface area contributed by atoms with Crippen LogP contribution in [0.3, 0.4) is 0 Å². The minimum absolute atomic E-state index is 0.0754. The highest BCUT2D eigenvalue weighted by atomic mass is 16.5. The molecule has 1 unspecified atom stereocenters. The molecule has 2 rings (SSSR count). The Hall–Kier alpha value is -1.36. The van der Waals surface area contributed by atoms with E-state index in [1.165, 1.54) is 12.8 Å². The van der Waals surface area contributed by atoms with Crippen LogP contribution in [0.4, 0.5) is 0 Å².